The first-order valence-electron chi connectivity index (χ1n) is 8.57. The Balaban J connectivity index is 3.35. The number of unbranched alkanes of at least 4 members (excludes halogenated alkanes) is 5. The third-order valence-corrected chi connectivity index (χ3v) is 3.48. The number of halogens is 1. The average molecular weight is 309 g/mol. The van der Waals surface area contributed by atoms with E-state index in [0.717, 1.165) is 38.0 Å². The van der Waals surface area contributed by atoms with E-state index in [1.807, 2.05) is 0 Å². The van der Waals surface area contributed by atoms with Gasteiger partial charge >= 0.3 is 0 Å². The van der Waals surface area contributed by atoms with Crippen molar-refractivity contribution in [1.82, 2.24) is 0 Å². The van der Waals surface area contributed by atoms with Gasteiger partial charge in [-0.15, -0.1) is 11.6 Å². The van der Waals surface area contributed by atoms with E-state index >= 15 is 0 Å². The SMILES string of the molecule is CCCCC/C=C\C/C=C\C/C=C\C/C=C\CCCCCl. The second-order valence-electron chi connectivity index (χ2n) is 5.27. The molecule has 0 saturated heterocycles. The summed E-state index contributed by atoms with van der Waals surface area (Å²) in [6.45, 7) is 2.25. The molecule has 0 saturated carbocycles. The number of alkyl halides is 1. The molecular weight excluding hydrogens is 276 g/mol. The van der Waals surface area contributed by atoms with Crippen molar-refractivity contribution in [1.29, 1.82) is 0 Å². The van der Waals surface area contributed by atoms with Gasteiger partial charge in [-0.25, -0.2) is 0 Å². The van der Waals surface area contributed by atoms with Gasteiger partial charge in [-0.05, 0) is 51.4 Å². The van der Waals surface area contributed by atoms with Crippen LogP contribution in [0.15, 0.2) is 48.6 Å². The maximum absolute atomic E-state index is 5.63. The lowest BCUT2D eigenvalue weighted by atomic mass is 10.2. The summed E-state index contributed by atoms with van der Waals surface area (Å²) in [5, 5.41) is 0. The van der Waals surface area contributed by atoms with E-state index in [4.69, 9.17) is 11.6 Å². The molecule has 0 aromatic carbocycles. The zero-order valence-corrected chi connectivity index (χ0v) is 14.5. The zero-order valence-electron chi connectivity index (χ0n) is 13.8. The Labute approximate surface area is 137 Å². The maximum atomic E-state index is 5.63. The first kappa shape index (κ1) is 20.2. The van der Waals surface area contributed by atoms with Gasteiger partial charge in [-0.3, -0.25) is 0 Å². The largest absolute Gasteiger partial charge is 0.127 e. The lowest BCUT2D eigenvalue weighted by molar-refractivity contribution is 0.728. The minimum absolute atomic E-state index is 0.786. The van der Waals surface area contributed by atoms with Crippen LogP contribution in [0.25, 0.3) is 0 Å². The molecule has 0 N–H and O–H groups in total. The van der Waals surface area contributed by atoms with Crippen LogP contribution in [0.1, 0.15) is 71.1 Å². The van der Waals surface area contributed by atoms with Gasteiger partial charge in [-0.1, -0.05) is 68.4 Å². The van der Waals surface area contributed by atoms with Crippen molar-refractivity contribution in [3.05, 3.63) is 48.6 Å². The molecule has 0 radical (unpaired) electrons. The van der Waals surface area contributed by atoms with Gasteiger partial charge in [0.2, 0.25) is 0 Å². The maximum Gasteiger partial charge on any atom is 0.0223 e. The van der Waals surface area contributed by atoms with Gasteiger partial charge in [0.25, 0.3) is 0 Å². The van der Waals surface area contributed by atoms with Crippen molar-refractivity contribution >= 4 is 11.6 Å². The summed E-state index contributed by atoms with van der Waals surface area (Å²) in [6.07, 6.45) is 30.0. The third-order valence-electron chi connectivity index (χ3n) is 3.21. The summed E-state index contributed by atoms with van der Waals surface area (Å²) >= 11 is 5.63. The highest BCUT2D eigenvalue weighted by Crippen LogP contribution is 2.01. The molecule has 21 heavy (non-hydrogen) atoms. The fourth-order valence-corrected chi connectivity index (χ4v) is 2.11. The van der Waals surface area contributed by atoms with Crippen molar-refractivity contribution in [2.45, 2.75) is 71.1 Å². The van der Waals surface area contributed by atoms with E-state index in [9.17, 15) is 0 Å². The Morgan fingerprint density at radius 2 is 1.00 bits per heavy atom. The molecule has 120 valence electrons. The van der Waals surface area contributed by atoms with Crippen molar-refractivity contribution in [3.8, 4) is 0 Å². The summed E-state index contributed by atoms with van der Waals surface area (Å²) in [5.74, 6) is 0.786. The molecule has 0 aliphatic carbocycles. The first-order valence-corrected chi connectivity index (χ1v) is 9.11. The minimum Gasteiger partial charge on any atom is -0.127 e. The first-order chi connectivity index (χ1) is 10.4. The van der Waals surface area contributed by atoms with Crippen LogP contribution in [0.4, 0.5) is 0 Å². The van der Waals surface area contributed by atoms with E-state index in [-0.39, 0.29) is 0 Å². The van der Waals surface area contributed by atoms with E-state index in [1.54, 1.807) is 0 Å². The summed E-state index contributed by atoms with van der Waals surface area (Å²) in [7, 11) is 0. The fraction of sp³-hybridized carbons (Fsp3) is 0.600. The molecule has 0 atom stereocenters. The predicted octanol–water partition coefficient (Wildman–Crippen LogP) is 7.37. The van der Waals surface area contributed by atoms with Crippen LogP contribution in [0.3, 0.4) is 0 Å². The number of hydrogen-bond acceptors (Lipinski definition) is 0. The van der Waals surface area contributed by atoms with Crippen LogP contribution in [0.2, 0.25) is 0 Å². The van der Waals surface area contributed by atoms with Crippen molar-refractivity contribution in [2.24, 2.45) is 0 Å². The lowest BCUT2D eigenvalue weighted by Crippen LogP contribution is -1.73. The standard InChI is InChI=1S/C20H33Cl/c1-2-3-4-5-6-7-8-9-10-11-12-13-14-15-16-17-18-19-20-21/h6-7,9-10,12-13,15-16H,2-5,8,11,14,17-20H2,1H3/b7-6-,10-9-,13-12-,16-15-. The molecule has 1 heteroatoms. The van der Waals surface area contributed by atoms with Crippen LogP contribution in [-0.4, -0.2) is 5.88 Å². The molecule has 0 bridgehead atoms. The Morgan fingerprint density at radius 1 is 0.571 bits per heavy atom. The Morgan fingerprint density at radius 3 is 1.43 bits per heavy atom. The summed E-state index contributed by atoms with van der Waals surface area (Å²) in [4.78, 5) is 0. The smallest absolute Gasteiger partial charge is 0.0223 e. The van der Waals surface area contributed by atoms with Gasteiger partial charge in [0.1, 0.15) is 0 Å². The zero-order chi connectivity index (χ0) is 15.4. The highest BCUT2D eigenvalue weighted by molar-refractivity contribution is 6.17. The highest BCUT2D eigenvalue weighted by atomic mass is 35.5. The van der Waals surface area contributed by atoms with Gasteiger partial charge in [-0.2, -0.15) is 0 Å². The molecule has 0 rings (SSSR count). The number of rotatable bonds is 14. The Bertz CT molecular complexity index is 267. The predicted molar refractivity (Wildman–Crippen MR) is 99.1 cm³/mol. The fourth-order valence-electron chi connectivity index (χ4n) is 1.92. The molecule has 0 amide bonds. The van der Waals surface area contributed by atoms with Crippen molar-refractivity contribution in [2.75, 3.05) is 5.88 Å². The van der Waals surface area contributed by atoms with Crippen LogP contribution in [0.5, 0.6) is 0 Å². The van der Waals surface area contributed by atoms with E-state index in [1.165, 1.54) is 32.1 Å². The summed E-state index contributed by atoms with van der Waals surface area (Å²) in [5.41, 5.74) is 0. The van der Waals surface area contributed by atoms with E-state index in [2.05, 4.69) is 55.5 Å². The van der Waals surface area contributed by atoms with Crippen LogP contribution < -0.4 is 0 Å². The monoisotopic (exact) mass is 308 g/mol. The van der Waals surface area contributed by atoms with Crippen LogP contribution >= 0.6 is 11.6 Å². The quantitative estimate of drug-likeness (QED) is 0.178. The van der Waals surface area contributed by atoms with Gasteiger partial charge in [0, 0.05) is 5.88 Å². The minimum atomic E-state index is 0.786. The van der Waals surface area contributed by atoms with E-state index < -0.39 is 0 Å². The second-order valence-corrected chi connectivity index (χ2v) is 5.65. The molecule has 0 heterocycles. The highest BCUT2D eigenvalue weighted by Gasteiger charge is 1.82. The summed E-state index contributed by atoms with van der Waals surface area (Å²) in [6, 6.07) is 0. The van der Waals surface area contributed by atoms with Gasteiger partial charge in [0.05, 0.1) is 0 Å². The van der Waals surface area contributed by atoms with Crippen LogP contribution in [-0.2, 0) is 0 Å². The molecular formula is C20H33Cl. The molecule has 0 aromatic rings. The Hall–Kier alpha value is -0.750. The number of hydrogen-bond donors (Lipinski definition) is 0. The second kappa shape index (κ2) is 19.2. The Kier molecular flexibility index (Phi) is 18.6. The topological polar surface area (TPSA) is 0 Å². The molecule has 0 nitrogen and oxygen atoms in total. The van der Waals surface area contributed by atoms with Crippen molar-refractivity contribution in [3.63, 3.8) is 0 Å². The molecule has 0 unspecified atom stereocenters. The number of allylic oxidation sites excluding steroid dienone is 8. The van der Waals surface area contributed by atoms with Gasteiger partial charge < -0.3 is 0 Å². The lowest BCUT2D eigenvalue weighted by Gasteiger charge is -1.90. The summed E-state index contributed by atoms with van der Waals surface area (Å²) < 4.78 is 0. The van der Waals surface area contributed by atoms with Crippen LogP contribution in [0, 0.1) is 0 Å². The molecule has 0 fully saturated rings. The average Bonchev–Trinajstić information content (AvgIpc) is 2.50. The molecule has 0 spiro atoms. The third kappa shape index (κ3) is 19.2. The van der Waals surface area contributed by atoms with Gasteiger partial charge in [0.15, 0.2) is 0 Å². The molecule has 0 aromatic heterocycles. The molecule has 0 aliphatic rings. The van der Waals surface area contributed by atoms with E-state index in [0.29, 0.717) is 0 Å². The van der Waals surface area contributed by atoms with Crippen molar-refractivity contribution < 1.29 is 0 Å². The normalized spacial score (nSPS) is 12.7. The molecule has 0 aliphatic heterocycles.